The molecule has 0 aromatic heterocycles. The molecule has 1 aromatic rings. The average molecular weight is 268 g/mol. The van der Waals surface area contributed by atoms with Gasteiger partial charge in [-0.15, -0.1) is 0 Å². The molecule has 106 valence electrons. The van der Waals surface area contributed by atoms with Crippen molar-refractivity contribution < 1.29 is 8.78 Å². The highest BCUT2D eigenvalue weighted by Crippen LogP contribution is 2.30. The van der Waals surface area contributed by atoms with E-state index in [1.165, 1.54) is 12.1 Å². The molecule has 1 aromatic carbocycles. The Balaban J connectivity index is 1.96. The summed E-state index contributed by atoms with van der Waals surface area (Å²) in [5.41, 5.74) is 0.106. The smallest absolute Gasteiger partial charge is 0.285 e. The number of alkyl halides is 2. The zero-order valence-corrected chi connectivity index (χ0v) is 11.6. The zero-order valence-electron chi connectivity index (χ0n) is 11.6. The van der Waals surface area contributed by atoms with Crippen LogP contribution < -0.4 is 0 Å². The second-order valence-electron chi connectivity index (χ2n) is 5.52. The Kier molecular flexibility index (Phi) is 4.53. The minimum atomic E-state index is -2.78. The minimum Gasteiger partial charge on any atom is -0.306 e. The summed E-state index contributed by atoms with van der Waals surface area (Å²) in [5, 5.41) is 0. The zero-order chi connectivity index (χ0) is 13.9. The summed E-state index contributed by atoms with van der Waals surface area (Å²) in [6, 6.07) is 8.37. The molecular weight excluding hydrogens is 246 g/mol. The SMILES string of the molecule is CN1CCC(N(C)CC(F)(F)c2ccccc2)CC1. The highest BCUT2D eigenvalue weighted by molar-refractivity contribution is 5.20. The van der Waals surface area contributed by atoms with Gasteiger partial charge in [-0.2, -0.15) is 8.78 Å². The lowest BCUT2D eigenvalue weighted by atomic mass is 10.0. The molecule has 0 radical (unpaired) electrons. The fraction of sp³-hybridized carbons (Fsp3) is 0.600. The Morgan fingerprint density at radius 3 is 2.37 bits per heavy atom. The van der Waals surface area contributed by atoms with Gasteiger partial charge in [0.1, 0.15) is 0 Å². The van der Waals surface area contributed by atoms with Gasteiger partial charge in [0, 0.05) is 11.6 Å². The van der Waals surface area contributed by atoms with Gasteiger partial charge >= 0.3 is 0 Å². The summed E-state index contributed by atoms with van der Waals surface area (Å²) >= 11 is 0. The molecule has 1 heterocycles. The van der Waals surface area contributed by atoms with E-state index >= 15 is 0 Å². The van der Waals surface area contributed by atoms with Gasteiger partial charge < -0.3 is 4.90 Å². The normalized spacial score (nSPS) is 19.0. The summed E-state index contributed by atoms with van der Waals surface area (Å²) in [4.78, 5) is 4.07. The molecule has 2 nitrogen and oxygen atoms in total. The Morgan fingerprint density at radius 2 is 1.79 bits per heavy atom. The maximum absolute atomic E-state index is 14.2. The first-order valence-electron chi connectivity index (χ1n) is 6.81. The summed E-state index contributed by atoms with van der Waals surface area (Å²) in [7, 11) is 3.89. The van der Waals surface area contributed by atoms with E-state index in [0.29, 0.717) is 0 Å². The predicted molar refractivity (Wildman–Crippen MR) is 73.5 cm³/mol. The van der Waals surface area contributed by atoms with Crippen LogP contribution in [0.15, 0.2) is 30.3 Å². The molecule has 0 atom stereocenters. The monoisotopic (exact) mass is 268 g/mol. The van der Waals surface area contributed by atoms with Crippen molar-refractivity contribution in [1.29, 1.82) is 0 Å². The van der Waals surface area contributed by atoms with Crippen LogP contribution in [0.25, 0.3) is 0 Å². The Hall–Kier alpha value is -1.00. The molecule has 1 aliphatic heterocycles. The molecule has 0 amide bonds. The lowest BCUT2D eigenvalue weighted by Gasteiger charge is -2.36. The van der Waals surface area contributed by atoms with Crippen molar-refractivity contribution in [3.05, 3.63) is 35.9 Å². The summed E-state index contributed by atoms with van der Waals surface area (Å²) in [6.45, 7) is 1.78. The van der Waals surface area contributed by atoms with Gasteiger partial charge in [0.25, 0.3) is 5.92 Å². The number of hydrogen-bond acceptors (Lipinski definition) is 2. The Morgan fingerprint density at radius 1 is 1.21 bits per heavy atom. The third-order valence-electron chi connectivity index (χ3n) is 3.96. The van der Waals surface area contributed by atoms with E-state index in [1.807, 2.05) is 11.9 Å². The van der Waals surface area contributed by atoms with Crippen molar-refractivity contribution >= 4 is 0 Å². The number of hydrogen-bond donors (Lipinski definition) is 0. The first-order valence-corrected chi connectivity index (χ1v) is 6.81. The Bertz CT molecular complexity index is 386. The van der Waals surface area contributed by atoms with Crippen LogP contribution in [0.4, 0.5) is 8.78 Å². The maximum atomic E-state index is 14.2. The van der Waals surface area contributed by atoms with E-state index in [4.69, 9.17) is 0 Å². The Labute approximate surface area is 114 Å². The second kappa shape index (κ2) is 5.97. The maximum Gasteiger partial charge on any atom is 0.285 e. The number of rotatable bonds is 4. The van der Waals surface area contributed by atoms with Crippen molar-refractivity contribution in [3.63, 3.8) is 0 Å². The molecule has 1 fully saturated rings. The lowest BCUT2D eigenvalue weighted by Crippen LogP contribution is -2.45. The van der Waals surface area contributed by atoms with Crippen LogP contribution in [-0.4, -0.2) is 49.6 Å². The molecule has 0 unspecified atom stereocenters. The number of piperidine rings is 1. The van der Waals surface area contributed by atoms with E-state index in [0.717, 1.165) is 25.9 Å². The number of nitrogens with zero attached hydrogens (tertiary/aromatic N) is 2. The summed E-state index contributed by atoms with van der Waals surface area (Å²) in [6.07, 6.45) is 1.94. The van der Waals surface area contributed by atoms with Gasteiger partial charge in [-0.3, -0.25) is 4.90 Å². The third kappa shape index (κ3) is 3.74. The van der Waals surface area contributed by atoms with E-state index in [9.17, 15) is 8.78 Å². The number of likely N-dealkylation sites (tertiary alicyclic amines) is 1. The van der Waals surface area contributed by atoms with Gasteiger partial charge in [0.2, 0.25) is 0 Å². The van der Waals surface area contributed by atoms with Crippen LogP contribution in [0.2, 0.25) is 0 Å². The molecule has 1 saturated heterocycles. The van der Waals surface area contributed by atoms with Crippen LogP contribution >= 0.6 is 0 Å². The van der Waals surface area contributed by atoms with Crippen molar-refractivity contribution in [1.82, 2.24) is 9.80 Å². The quantitative estimate of drug-likeness (QED) is 0.828. The molecular formula is C15H22F2N2. The fourth-order valence-electron chi connectivity index (χ4n) is 2.65. The van der Waals surface area contributed by atoms with Crippen molar-refractivity contribution in [2.24, 2.45) is 0 Å². The van der Waals surface area contributed by atoms with Gasteiger partial charge in [0.05, 0.1) is 6.54 Å². The molecule has 0 aliphatic carbocycles. The van der Waals surface area contributed by atoms with Crippen molar-refractivity contribution in [2.45, 2.75) is 24.8 Å². The summed E-state index contributed by atoms with van der Waals surface area (Å²) < 4.78 is 28.4. The van der Waals surface area contributed by atoms with Crippen LogP contribution in [-0.2, 0) is 5.92 Å². The highest BCUT2D eigenvalue weighted by atomic mass is 19.3. The van der Waals surface area contributed by atoms with Crippen LogP contribution in [0.1, 0.15) is 18.4 Å². The van der Waals surface area contributed by atoms with Crippen LogP contribution in [0, 0.1) is 0 Å². The third-order valence-corrected chi connectivity index (χ3v) is 3.96. The largest absolute Gasteiger partial charge is 0.306 e. The molecule has 1 aliphatic rings. The van der Waals surface area contributed by atoms with E-state index in [-0.39, 0.29) is 18.2 Å². The van der Waals surface area contributed by atoms with E-state index < -0.39 is 5.92 Å². The van der Waals surface area contributed by atoms with Gasteiger partial charge in [-0.1, -0.05) is 30.3 Å². The number of benzene rings is 1. The van der Waals surface area contributed by atoms with E-state index in [1.54, 1.807) is 18.2 Å². The van der Waals surface area contributed by atoms with Gasteiger partial charge in [-0.25, -0.2) is 0 Å². The van der Waals surface area contributed by atoms with Crippen molar-refractivity contribution in [3.8, 4) is 0 Å². The average Bonchev–Trinajstić information content (AvgIpc) is 2.40. The second-order valence-corrected chi connectivity index (χ2v) is 5.52. The van der Waals surface area contributed by atoms with Crippen LogP contribution in [0.3, 0.4) is 0 Å². The molecule has 0 saturated carbocycles. The lowest BCUT2D eigenvalue weighted by molar-refractivity contribution is -0.0460. The highest BCUT2D eigenvalue weighted by Gasteiger charge is 2.35. The van der Waals surface area contributed by atoms with E-state index in [2.05, 4.69) is 11.9 Å². The first-order chi connectivity index (χ1) is 8.99. The molecule has 4 heteroatoms. The molecule has 0 N–H and O–H groups in total. The summed E-state index contributed by atoms with van der Waals surface area (Å²) in [5.74, 6) is -2.78. The fourth-order valence-corrected chi connectivity index (χ4v) is 2.65. The van der Waals surface area contributed by atoms with Crippen LogP contribution in [0.5, 0.6) is 0 Å². The molecule has 19 heavy (non-hydrogen) atoms. The minimum absolute atomic E-state index is 0.106. The molecule has 2 rings (SSSR count). The first kappa shape index (κ1) is 14.4. The standard InChI is InChI=1S/C15H22F2N2/c1-18-10-8-14(9-11-18)19(2)12-15(16,17)13-6-4-3-5-7-13/h3-7,14H,8-12H2,1-2H3. The number of likely N-dealkylation sites (N-methyl/N-ethyl adjacent to an activating group) is 1. The van der Waals surface area contributed by atoms with Gasteiger partial charge in [-0.05, 0) is 40.0 Å². The molecule has 0 spiro atoms. The van der Waals surface area contributed by atoms with Crippen molar-refractivity contribution in [2.75, 3.05) is 33.7 Å². The molecule has 0 bridgehead atoms. The number of halogens is 2. The predicted octanol–water partition coefficient (Wildman–Crippen LogP) is 2.80. The van der Waals surface area contributed by atoms with Gasteiger partial charge in [0.15, 0.2) is 0 Å². The topological polar surface area (TPSA) is 6.48 Å².